The van der Waals surface area contributed by atoms with Gasteiger partial charge in [-0.05, 0) is 30.3 Å². The van der Waals surface area contributed by atoms with Crippen LogP contribution in [0.2, 0.25) is 0 Å². The maximum atomic E-state index is 4.85. The molecular weight excluding hydrogens is 394 g/mol. The summed E-state index contributed by atoms with van der Waals surface area (Å²) in [6.45, 7) is 0. The van der Waals surface area contributed by atoms with Gasteiger partial charge >= 0.3 is 0 Å². The zero-order valence-electron chi connectivity index (χ0n) is 17.2. The first-order valence-electron chi connectivity index (χ1n) is 10.5. The molecule has 32 heavy (non-hydrogen) atoms. The summed E-state index contributed by atoms with van der Waals surface area (Å²) < 4.78 is 0. The standard InChI is InChI=1S/C27H19N5/c1-2-12-21-20(11-1)24(30-22-13-3-7-18-9-5-15-28-26(18)22)17-25(31-21)32-23-14-4-8-19-10-6-16-29-27(19)23/h1-17H,(H2,30,31,32). The molecule has 0 atom stereocenters. The molecule has 6 aromatic rings. The Morgan fingerprint density at radius 2 is 1.16 bits per heavy atom. The van der Waals surface area contributed by atoms with Crippen LogP contribution in [-0.2, 0) is 0 Å². The minimum Gasteiger partial charge on any atom is -0.353 e. The second-order valence-corrected chi connectivity index (χ2v) is 7.58. The van der Waals surface area contributed by atoms with Crippen molar-refractivity contribution in [3.8, 4) is 0 Å². The predicted octanol–water partition coefficient (Wildman–Crippen LogP) is 6.82. The van der Waals surface area contributed by atoms with Gasteiger partial charge in [-0.15, -0.1) is 0 Å². The van der Waals surface area contributed by atoms with Gasteiger partial charge in [0.15, 0.2) is 0 Å². The van der Waals surface area contributed by atoms with Crippen molar-refractivity contribution in [2.75, 3.05) is 10.6 Å². The topological polar surface area (TPSA) is 62.7 Å². The highest BCUT2D eigenvalue weighted by Crippen LogP contribution is 2.32. The summed E-state index contributed by atoms with van der Waals surface area (Å²) >= 11 is 0. The Morgan fingerprint density at radius 3 is 1.88 bits per heavy atom. The monoisotopic (exact) mass is 413 g/mol. The molecule has 0 spiro atoms. The number of nitrogens with one attached hydrogen (secondary N) is 2. The lowest BCUT2D eigenvalue weighted by Crippen LogP contribution is -1.99. The molecule has 0 aliphatic rings. The fourth-order valence-electron chi connectivity index (χ4n) is 4.04. The first kappa shape index (κ1) is 18.3. The summed E-state index contributed by atoms with van der Waals surface area (Å²) in [4.78, 5) is 14.0. The van der Waals surface area contributed by atoms with Crippen molar-refractivity contribution in [3.63, 3.8) is 0 Å². The number of anilines is 4. The Hall–Kier alpha value is -4.51. The Balaban J connectivity index is 1.47. The highest BCUT2D eigenvalue weighted by Gasteiger charge is 2.10. The van der Waals surface area contributed by atoms with E-state index in [0.29, 0.717) is 0 Å². The van der Waals surface area contributed by atoms with E-state index in [1.165, 1.54) is 0 Å². The molecule has 0 radical (unpaired) electrons. The Morgan fingerprint density at radius 1 is 0.531 bits per heavy atom. The van der Waals surface area contributed by atoms with Gasteiger partial charge in [-0.25, -0.2) is 4.98 Å². The summed E-state index contributed by atoms with van der Waals surface area (Å²) in [5, 5.41) is 10.3. The number of nitrogens with zero attached hydrogens (tertiary/aromatic N) is 3. The average molecular weight is 413 g/mol. The smallest absolute Gasteiger partial charge is 0.133 e. The van der Waals surface area contributed by atoms with E-state index >= 15 is 0 Å². The molecule has 0 fully saturated rings. The molecule has 3 aromatic heterocycles. The van der Waals surface area contributed by atoms with Gasteiger partial charge in [0.2, 0.25) is 0 Å². The SMILES string of the molecule is c1cnc2c(Nc3cc(Nc4cccc5cccnc45)c4ccccc4n3)cccc2c1. The molecular formula is C27H19N5. The van der Waals surface area contributed by atoms with E-state index in [1.807, 2.05) is 73.1 Å². The quantitative estimate of drug-likeness (QED) is 0.332. The molecule has 5 heteroatoms. The number of aromatic nitrogens is 3. The molecule has 5 nitrogen and oxygen atoms in total. The van der Waals surface area contributed by atoms with Crippen LogP contribution in [0, 0.1) is 0 Å². The molecule has 0 saturated carbocycles. The van der Waals surface area contributed by atoms with Crippen molar-refractivity contribution < 1.29 is 0 Å². The molecule has 152 valence electrons. The summed E-state index contributed by atoms with van der Waals surface area (Å²) in [6, 6.07) is 30.4. The Kier molecular flexibility index (Phi) is 4.36. The molecule has 2 N–H and O–H groups in total. The minimum atomic E-state index is 0.748. The van der Waals surface area contributed by atoms with E-state index in [0.717, 1.165) is 55.6 Å². The number of pyridine rings is 3. The van der Waals surface area contributed by atoms with E-state index in [4.69, 9.17) is 4.98 Å². The molecule has 3 heterocycles. The van der Waals surface area contributed by atoms with E-state index < -0.39 is 0 Å². The first-order chi connectivity index (χ1) is 15.8. The molecule has 6 rings (SSSR count). The van der Waals surface area contributed by atoms with Gasteiger partial charge in [-0.1, -0.05) is 54.6 Å². The molecule has 3 aromatic carbocycles. The van der Waals surface area contributed by atoms with Gasteiger partial charge in [0, 0.05) is 34.6 Å². The van der Waals surface area contributed by atoms with Crippen LogP contribution < -0.4 is 10.6 Å². The van der Waals surface area contributed by atoms with Crippen LogP contribution in [0.5, 0.6) is 0 Å². The molecule has 0 unspecified atom stereocenters. The highest BCUT2D eigenvalue weighted by molar-refractivity contribution is 6.00. The summed E-state index contributed by atoms with van der Waals surface area (Å²) in [5.41, 5.74) is 5.59. The summed E-state index contributed by atoms with van der Waals surface area (Å²) in [5.74, 6) is 0.748. The van der Waals surface area contributed by atoms with Gasteiger partial charge in [0.25, 0.3) is 0 Å². The normalized spacial score (nSPS) is 11.1. The van der Waals surface area contributed by atoms with Crippen LogP contribution in [0.3, 0.4) is 0 Å². The number of rotatable bonds is 4. The van der Waals surface area contributed by atoms with Crippen LogP contribution >= 0.6 is 0 Å². The van der Waals surface area contributed by atoms with Gasteiger partial charge < -0.3 is 10.6 Å². The molecule has 0 aliphatic heterocycles. The fraction of sp³-hybridized carbons (Fsp3) is 0. The van der Waals surface area contributed by atoms with E-state index in [2.05, 4.69) is 50.9 Å². The van der Waals surface area contributed by atoms with E-state index in [-0.39, 0.29) is 0 Å². The van der Waals surface area contributed by atoms with Crippen molar-refractivity contribution in [1.29, 1.82) is 0 Å². The number of benzene rings is 3. The summed E-state index contributed by atoms with van der Waals surface area (Å²) in [6.07, 6.45) is 3.63. The van der Waals surface area contributed by atoms with Gasteiger partial charge in [-0.3, -0.25) is 9.97 Å². The summed E-state index contributed by atoms with van der Waals surface area (Å²) in [7, 11) is 0. The molecule has 0 saturated heterocycles. The van der Waals surface area contributed by atoms with Crippen LogP contribution in [0.15, 0.2) is 103 Å². The second-order valence-electron chi connectivity index (χ2n) is 7.58. The fourth-order valence-corrected chi connectivity index (χ4v) is 4.04. The van der Waals surface area contributed by atoms with E-state index in [9.17, 15) is 0 Å². The third-order valence-electron chi connectivity index (χ3n) is 5.51. The van der Waals surface area contributed by atoms with E-state index in [1.54, 1.807) is 0 Å². The molecule has 0 bridgehead atoms. The number of hydrogen-bond acceptors (Lipinski definition) is 5. The zero-order valence-corrected chi connectivity index (χ0v) is 17.2. The predicted molar refractivity (Wildman–Crippen MR) is 132 cm³/mol. The second kappa shape index (κ2) is 7.63. The largest absolute Gasteiger partial charge is 0.353 e. The number of para-hydroxylation sites is 3. The van der Waals surface area contributed by atoms with Gasteiger partial charge in [0.1, 0.15) is 5.82 Å². The molecule has 0 aliphatic carbocycles. The van der Waals surface area contributed by atoms with Crippen LogP contribution in [0.25, 0.3) is 32.7 Å². The maximum Gasteiger partial charge on any atom is 0.133 e. The van der Waals surface area contributed by atoms with Crippen molar-refractivity contribution in [2.45, 2.75) is 0 Å². The van der Waals surface area contributed by atoms with Gasteiger partial charge in [0.05, 0.1) is 33.6 Å². The van der Waals surface area contributed by atoms with Crippen molar-refractivity contribution in [1.82, 2.24) is 15.0 Å². The van der Waals surface area contributed by atoms with Crippen molar-refractivity contribution >= 4 is 55.6 Å². The maximum absolute atomic E-state index is 4.85. The van der Waals surface area contributed by atoms with Crippen molar-refractivity contribution in [3.05, 3.63) is 103 Å². The third kappa shape index (κ3) is 3.26. The average Bonchev–Trinajstić information content (AvgIpc) is 2.85. The minimum absolute atomic E-state index is 0.748. The van der Waals surface area contributed by atoms with Crippen LogP contribution in [0.4, 0.5) is 22.9 Å². The zero-order chi connectivity index (χ0) is 21.3. The first-order valence-corrected chi connectivity index (χ1v) is 10.5. The number of fused-ring (bicyclic) bond motifs is 3. The number of hydrogen-bond donors (Lipinski definition) is 2. The lowest BCUT2D eigenvalue weighted by atomic mass is 10.1. The molecule has 0 amide bonds. The Bertz CT molecular complexity index is 1580. The van der Waals surface area contributed by atoms with Crippen LogP contribution in [-0.4, -0.2) is 15.0 Å². The lowest BCUT2D eigenvalue weighted by molar-refractivity contribution is 1.35. The Labute approximate surface area is 184 Å². The lowest BCUT2D eigenvalue weighted by Gasteiger charge is -2.15. The van der Waals surface area contributed by atoms with Gasteiger partial charge in [-0.2, -0.15) is 0 Å². The third-order valence-corrected chi connectivity index (χ3v) is 5.51. The van der Waals surface area contributed by atoms with Crippen LogP contribution in [0.1, 0.15) is 0 Å². The van der Waals surface area contributed by atoms with Crippen molar-refractivity contribution in [2.24, 2.45) is 0 Å². The highest BCUT2D eigenvalue weighted by atomic mass is 15.0.